The summed E-state index contributed by atoms with van der Waals surface area (Å²) in [5.74, 6) is -0.250. The summed E-state index contributed by atoms with van der Waals surface area (Å²) in [7, 11) is 0. The molecule has 0 atom stereocenters. The van der Waals surface area contributed by atoms with Gasteiger partial charge in [-0.2, -0.15) is 0 Å². The molecule has 1 fully saturated rings. The number of rotatable bonds is 2. The van der Waals surface area contributed by atoms with Gasteiger partial charge in [0.05, 0.1) is 5.52 Å². The number of piperazine rings is 1. The highest BCUT2D eigenvalue weighted by atomic mass is 19.4. The molecule has 4 nitrogen and oxygen atoms in total. The molecule has 1 aromatic carbocycles. The van der Waals surface area contributed by atoms with E-state index in [0.29, 0.717) is 5.52 Å². The number of nitrogens with one attached hydrogen (secondary N) is 1. The van der Waals surface area contributed by atoms with E-state index in [4.69, 9.17) is 0 Å². The maximum absolute atomic E-state index is 12.3. The first-order valence-electron chi connectivity index (χ1n) is 6.63. The molecule has 0 amide bonds. The first-order valence-corrected chi connectivity index (χ1v) is 6.63. The van der Waals surface area contributed by atoms with Crippen LogP contribution in [0.4, 0.5) is 18.9 Å². The predicted molar refractivity (Wildman–Crippen MR) is 73.5 cm³/mol. The number of halogens is 3. The summed E-state index contributed by atoms with van der Waals surface area (Å²) in [6, 6.07) is 6.15. The van der Waals surface area contributed by atoms with Crippen LogP contribution in [0.2, 0.25) is 0 Å². The number of pyridine rings is 1. The van der Waals surface area contributed by atoms with E-state index >= 15 is 0 Å². The van der Waals surface area contributed by atoms with Gasteiger partial charge < -0.3 is 15.0 Å². The molecule has 1 aliphatic heterocycles. The number of aromatic nitrogens is 1. The van der Waals surface area contributed by atoms with Crippen molar-refractivity contribution in [2.75, 3.05) is 31.1 Å². The quantitative estimate of drug-likeness (QED) is 0.924. The molecule has 7 heteroatoms. The van der Waals surface area contributed by atoms with Gasteiger partial charge in [0, 0.05) is 49.5 Å². The Morgan fingerprint density at radius 3 is 2.62 bits per heavy atom. The number of hydrogen-bond acceptors (Lipinski definition) is 4. The van der Waals surface area contributed by atoms with Gasteiger partial charge in [-0.15, -0.1) is 13.2 Å². The van der Waals surface area contributed by atoms with Crippen LogP contribution < -0.4 is 15.0 Å². The summed E-state index contributed by atoms with van der Waals surface area (Å²) in [5.41, 5.74) is 1.48. The molecule has 0 spiro atoms. The lowest BCUT2D eigenvalue weighted by Gasteiger charge is -2.30. The van der Waals surface area contributed by atoms with E-state index in [2.05, 4.69) is 19.9 Å². The molecular formula is C14H14F3N3O. The summed E-state index contributed by atoms with van der Waals surface area (Å²) < 4.78 is 40.7. The molecule has 21 heavy (non-hydrogen) atoms. The number of anilines is 1. The number of hydrogen-bond donors (Lipinski definition) is 1. The fraction of sp³-hybridized carbons (Fsp3) is 0.357. The lowest BCUT2D eigenvalue weighted by atomic mass is 10.1. The lowest BCUT2D eigenvalue weighted by molar-refractivity contribution is -0.274. The first kappa shape index (κ1) is 13.9. The molecule has 0 unspecified atom stereocenters. The van der Waals surface area contributed by atoms with Crippen LogP contribution in [0.1, 0.15) is 0 Å². The average Bonchev–Trinajstić information content (AvgIpc) is 2.45. The van der Waals surface area contributed by atoms with Gasteiger partial charge in [-0.05, 0) is 18.2 Å². The van der Waals surface area contributed by atoms with E-state index in [1.54, 1.807) is 12.3 Å². The molecule has 2 aromatic rings. The van der Waals surface area contributed by atoms with Crippen LogP contribution in [0, 0.1) is 0 Å². The number of benzene rings is 1. The van der Waals surface area contributed by atoms with E-state index in [-0.39, 0.29) is 5.75 Å². The van der Waals surface area contributed by atoms with Crippen LogP contribution >= 0.6 is 0 Å². The maximum atomic E-state index is 12.3. The number of alkyl halides is 3. The van der Waals surface area contributed by atoms with Gasteiger partial charge in [0.2, 0.25) is 0 Å². The Kier molecular flexibility index (Phi) is 3.59. The molecular weight excluding hydrogens is 283 g/mol. The molecule has 112 valence electrons. The van der Waals surface area contributed by atoms with Crippen molar-refractivity contribution in [3.05, 3.63) is 30.5 Å². The van der Waals surface area contributed by atoms with Crippen molar-refractivity contribution in [1.82, 2.24) is 10.3 Å². The molecule has 0 aliphatic carbocycles. The topological polar surface area (TPSA) is 37.4 Å². The molecule has 0 radical (unpaired) electrons. The standard InChI is InChI=1S/C14H14F3N3O/c15-14(16,17)21-10-1-2-11-12(9-10)19-4-3-13(11)20-7-5-18-6-8-20/h1-4,9,18H,5-8H2. The van der Waals surface area contributed by atoms with Gasteiger partial charge in [0.1, 0.15) is 5.75 Å². The molecule has 2 heterocycles. The SMILES string of the molecule is FC(F)(F)Oc1ccc2c(N3CCNCC3)ccnc2c1. The monoisotopic (exact) mass is 297 g/mol. The Morgan fingerprint density at radius 1 is 1.14 bits per heavy atom. The Balaban J connectivity index is 1.96. The molecule has 0 saturated carbocycles. The predicted octanol–water partition coefficient (Wildman–Crippen LogP) is 2.54. The Morgan fingerprint density at radius 2 is 1.90 bits per heavy atom. The minimum atomic E-state index is -4.69. The van der Waals surface area contributed by atoms with E-state index in [9.17, 15) is 13.2 Å². The van der Waals surface area contributed by atoms with Crippen LogP contribution in [0.3, 0.4) is 0 Å². The molecule has 3 rings (SSSR count). The minimum Gasteiger partial charge on any atom is -0.406 e. The van der Waals surface area contributed by atoms with Crippen LogP contribution in [-0.4, -0.2) is 37.5 Å². The Bertz CT molecular complexity index is 639. The second-order valence-electron chi connectivity index (χ2n) is 4.79. The zero-order chi connectivity index (χ0) is 14.9. The number of ether oxygens (including phenoxy) is 1. The second-order valence-corrected chi connectivity index (χ2v) is 4.79. The second kappa shape index (κ2) is 5.40. The molecule has 0 bridgehead atoms. The Hall–Kier alpha value is -2.02. The van der Waals surface area contributed by atoms with Gasteiger partial charge in [-0.1, -0.05) is 0 Å². The van der Waals surface area contributed by atoms with Crippen LogP contribution in [0.5, 0.6) is 5.75 Å². The van der Waals surface area contributed by atoms with E-state index < -0.39 is 6.36 Å². The molecule has 1 aromatic heterocycles. The molecule has 1 N–H and O–H groups in total. The summed E-state index contributed by atoms with van der Waals surface area (Å²) in [5, 5.41) is 4.09. The van der Waals surface area contributed by atoms with Crippen molar-refractivity contribution < 1.29 is 17.9 Å². The first-order chi connectivity index (χ1) is 10.0. The van der Waals surface area contributed by atoms with Gasteiger partial charge >= 0.3 is 6.36 Å². The number of nitrogens with zero attached hydrogens (tertiary/aromatic N) is 2. The largest absolute Gasteiger partial charge is 0.573 e. The van der Waals surface area contributed by atoms with E-state index in [0.717, 1.165) is 37.3 Å². The van der Waals surface area contributed by atoms with Crippen LogP contribution in [0.25, 0.3) is 10.9 Å². The van der Waals surface area contributed by atoms with Crippen molar-refractivity contribution >= 4 is 16.6 Å². The summed E-state index contributed by atoms with van der Waals surface area (Å²) in [6.45, 7) is 3.50. The molecule has 1 aliphatic rings. The lowest BCUT2D eigenvalue weighted by Crippen LogP contribution is -2.43. The van der Waals surface area contributed by atoms with Crippen LogP contribution in [-0.2, 0) is 0 Å². The fourth-order valence-corrected chi connectivity index (χ4v) is 2.49. The third kappa shape index (κ3) is 3.18. The van der Waals surface area contributed by atoms with Crippen LogP contribution in [0.15, 0.2) is 30.5 Å². The highest BCUT2D eigenvalue weighted by Crippen LogP contribution is 2.30. The highest BCUT2D eigenvalue weighted by molar-refractivity contribution is 5.92. The van der Waals surface area contributed by atoms with Crippen molar-refractivity contribution in [2.45, 2.75) is 6.36 Å². The zero-order valence-electron chi connectivity index (χ0n) is 11.2. The average molecular weight is 297 g/mol. The normalized spacial score (nSPS) is 16.2. The maximum Gasteiger partial charge on any atom is 0.573 e. The van der Waals surface area contributed by atoms with Gasteiger partial charge in [0.25, 0.3) is 0 Å². The fourth-order valence-electron chi connectivity index (χ4n) is 2.49. The summed E-state index contributed by atoms with van der Waals surface area (Å²) >= 11 is 0. The van der Waals surface area contributed by atoms with Crippen molar-refractivity contribution in [3.63, 3.8) is 0 Å². The van der Waals surface area contributed by atoms with E-state index in [1.165, 1.54) is 12.1 Å². The smallest absolute Gasteiger partial charge is 0.406 e. The van der Waals surface area contributed by atoms with Crippen molar-refractivity contribution in [3.8, 4) is 5.75 Å². The number of fused-ring (bicyclic) bond motifs is 1. The highest BCUT2D eigenvalue weighted by Gasteiger charge is 2.31. The third-order valence-corrected chi connectivity index (χ3v) is 3.38. The van der Waals surface area contributed by atoms with E-state index in [1.807, 2.05) is 6.07 Å². The minimum absolute atomic E-state index is 0.250. The summed E-state index contributed by atoms with van der Waals surface area (Å²) in [4.78, 5) is 6.34. The third-order valence-electron chi connectivity index (χ3n) is 3.38. The zero-order valence-corrected chi connectivity index (χ0v) is 11.2. The van der Waals surface area contributed by atoms with Gasteiger partial charge in [-0.3, -0.25) is 4.98 Å². The summed E-state index contributed by atoms with van der Waals surface area (Å²) in [6.07, 6.45) is -3.08. The van der Waals surface area contributed by atoms with Gasteiger partial charge in [0.15, 0.2) is 0 Å². The molecule has 1 saturated heterocycles. The Labute approximate surface area is 119 Å². The van der Waals surface area contributed by atoms with Crippen molar-refractivity contribution in [1.29, 1.82) is 0 Å². The van der Waals surface area contributed by atoms with Gasteiger partial charge in [-0.25, -0.2) is 0 Å². The van der Waals surface area contributed by atoms with Crippen molar-refractivity contribution in [2.24, 2.45) is 0 Å².